The molecule has 0 fully saturated rings. The van der Waals surface area contributed by atoms with E-state index in [9.17, 15) is 4.79 Å². The quantitative estimate of drug-likeness (QED) is 0.797. The average molecular weight is 263 g/mol. The molecule has 0 atom stereocenters. The number of hydrogen-bond acceptors (Lipinski definition) is 5. The Morgan fingerprint density at radius 1 is 1.33 bits per heavy atom. The zero-order chi connectivity index (χ0) is 13.0. The summed E-state index contributed by atoms with van der Waals surface area (Å²) in [4.78, 5) is 13.2. The van der Waals surface area contributed by atoms with Gasteiger partial charge in [-0.3, -0.25) is 4.79 Å². The molecular formula is C12H13N3O2S. The van der Waals surface area contributed by atoms with Crippen LogP contribution >= 0.6 is 11.8 Å². The van der Waals surface area contributed by atoms with Gasteiger partial charge in [0.2, 0.25) is 5.89 Å². The molecule has 0 saturated heterocycles. The van der Waals surface area contributed by atoms with E-state index in [0.29, 0.717) is 12.4 Å². The fourth-order valence-electron chi connectivity index (χ4n) is 1.23. The maximum atomic E-state index is 11.7. The molecule has 5 nitrogen and oxygen atoms in total. The molecule has 0 unspecified atom stereocenters. The van der Waals surface area contributed by atoms with Crippen molar-refractivity contribution in [3.63, 3.8) is 0 Å². The first-order chi connectivity index (χ1) is 8.70. The summed E-state index contributed by atoms with van der Waals surface area (Å²) in [5.74, 6) is 0.421. The van der Waals surface area contributed by atoms with Gasteiger partial charge in [-0.05, 0) is 19.1 Å². The molecule has 6 heteroatoms. The zero-order valence-electron chi connectivity index (χ0n) is 10.2. The number of benzene rings is 1. The van der Waals surface area contributed by atoms with Crippen LogP contribution in [0.1, 0.15) is 6.92 Å². The van der Waals surface area contributed by atoms with Crippen LogP contribution in [0.4, 0.5) is 4.79 Å². The third kappa shape index (κ3) is 2.89. The fraction of sp³-hybridized carbons (Fsp3) is 0.250. The normalized spacial score (nSPS) is 10.3. The molecule has 1 aromatic carbocycles. The molecule has 0 aliphatic rings. The molecule has 0 bridgehead atoms. The lowest BCUT2D eigenvalue weighted by Crippen LogP contribution is -2.21. The van der Waals surface area contributed by atoms with Gasteiger partial charge >= 0.3 is 0 Å². The number of aromatic nitrogens is 2. The van der Waals surface area contributed by atoms with Gasteiger partial charge in [0.05, 0.1) is 0 Å². The summed E-state index contributed by atoms with van der Waals surface area (Å²) in [6.07, 6.45) is 0. The Morgan fingerprint density at radius 2 is 2.06 bits per heavy atom. The van der Waals surface area contributed by atoms with Crippen molar-refractivity contribution in [2.24, 2.45) is 0 Å². The largest absolute Gasteiger partial charge is 0.411 e. The summed E-state index contributed by atoms with van der Waals surface area (Å²) in [6, 6.07) is 9.45. The van der Waals surface area contributed by atoms with E-state index < -0.39 is 0 Å². The van der Waals surface area contributed by atoms with Gasteiger partial charge in [-0.25, -0.2) is 0 Å². The Bertz CT molecular complexity index is 527. The molecule has 0 saturated carbocycles. The Labute approximate surface area is 109 Å². The van der Waals surface area contributed by atoms with Crippen LogP contribution in [0.5, 0.6) is 0 Å². The Balaban J connectivity index is 2.10. The summed E-state index contributed by atoms with van der Waals surface area (Å²) in [7, 11) is 1.73. The summed E-state index contributed by atoms with van der Waals surface area (Å²) in [6.45, 7) is 2.55. The molecule has 2 rings (SSSR count). The molecule has 1 amide bonds. The molecule has 0 aliphatic carbocycles. The number of thioether (sulfide) groups is 1. The van der Waals surface area contributed by atoms with Crippen LogP contribution in [0.2, 0.25) is 0 Å². The standard InChI is InChI=1S/C12H13N3O2S/c1-3-15(2)12(16)18-11-14-13-10(17-11)9-7-5-4-6-8-9/h4-8H,3H2,1-2H3. The second-order valence-electron chi connectivity index (χ2n) is 3.62. The predicted molar refractivity (Wildman–Crippen MR) is 69.3 cm³/mol. The van der Waals surface area contributed by atoms with E-state index in [1.165, 1.54) is 0 Å². The van der Waals surface area contributed by atoms with Crippen molar-refractivity contribution in [3.8, 4) is 11.5 Å². The van der Waals surface area contributed by atoms with Crippen LogP contribution in [0.15, 0.2) is 40.0 Å². The van der Waals surface area contributed by atoms with Crippen molar-refractivity contribution in [2.75, 3.05) is 13.6 Å². The smallest absolute Gasteiger partial charge is 0.290 e. The molecule has 0 aliphatic heterocycles. The van der Waals surface area contributed by atoms with Gasteiger partial charge in [-0.1, -0.05) is 18.2 Å². The highest BCUT2D eigenvalue weighted by molar-refractivity contribution is 8.13. The van der Waals surface area contributed by atoms with Gasteiger partial charge in [0.1, 0.15) is 0 Å². The highest BCUT2D eigenvalue weighted by Gasteiger charge is 2.15. The van der Waals surface area contributed by atoms with Gasteiger partial charge in [0.25, 0.3) is 10.5 Å². The highest BCUT2D eigenvalue weighted by Crippen LogP contribution is 2.24. The maximum Gasteiger partial charge on any atom is 0.290 e. The van der Waals surface area contributed by atoms with E-state index in [-0.39, 0.29) is 10.5 Å². The van der Waals surface area contributed by atoms with Crippen molar-refractivity contribution < 1.29 is 9.21 Å². The topological polar surface area (TPSA) is 59.2 Å². The third-order valence-electron chi connectivity index (χ3n) is 2.39. The predicted octanol–water partition coefficient (Wildman–Crippen LogP) is 2.90. The Morgan fingerprint density at radius 3 is 2.72 bits per heavy atom. The lowest BCUT2D eigenvalue weighted by molar-refractivity contribution is 0.235. The van der Waals surface area contributed by atoms with E-state index in [1.54, 1.807) is 11.9 Å². The minimum Gasteiger partial charge on any atom is -0.411 e. The molecule has 94 valence electrons. The maximum absolute atomic E-state index is 11.7. The molecule has 0 N–H and O–H groups in total. The third-order valence-corrected chi connectivity index (χ3v) is 3.21. The van der Waals surface area contributed by atoms with Crippen LogP contribution in [0.25, 0.3) is 11.5 Å². The zero-order valence-corrected chi connectivity index (χ0v) is 11.0. The molecule has 0 radical (unpaired) electrons. The fourth-order valence-corrected chi connectivity index (χ4v) is 1.87. The monoisotopic (exact) mass is 263 g/mol. The van der Waals surface area contributed by atoms with Gasteiger partial charge in [0, 0.05) is 30.9 Å². The minimum atomic E-state index is -0.110. The van der Waals surface area contributed by atoms with E-state index in [0.717, 1.165) is 17.3 Å². The molecular weight excluding hydrogens is 250 g/mol. The number of amides is 1. The SMILES string of the molecule is CCN(C)C(=O)Sc1nnc(-c2ccccc2)o1. The van der Waals surface area contributed by atoms with Crippen LogP contribution < -0.4 is 0 Å². The van der Waals surface area contributed by atoms with Crippen molar-refractivity contribution >= 4 is 17.0 Å². The van der Waals surface area contributed by atoms with E-state index in [2.05, 4.69) is 10.2 Å². The number of carbonyl (C=O) groups excluding carboxylic acids is 1. The molecule has 18 heavy (non-hydrogen) atoms. The number of nitrogens with zero attached hydrogens (tertiary/aromatic N) is 3. The van der Waals surface area contributed by atoms with E-state index in [1.807, 2.05) is 37.3 Å². The molecule has 1 heterocycles. The summed E-state index contributed by atoms with van der Waals surface area (Å²) < 4.78 is 5.43. The molecule has 0 spiro atoms. The van der Waals surface area contributed by atoms with Crippen LogP contribution in [-0.2, 0) is 0 Å². The lowest BCUT2D eigenvalue weighted by Gasteiger charge is -2.11. The van der Waals surface area contributed by atoms with Crippen LogP contribution in [0.3, 0.4) is 0 Å². The van der Waals surface area contributed by atoms with Crippen molar-refractivity contribution in [2.45, 2.75) is 12.1 Å². The van der Waals surface area contributed by atoms with Gasteiger partial charge < -0.3 is 9.32 Å². The first-order valence-corrected chi connectivity index (χ1v) is 6.34. The lowest BCUT2D eigenvalue weighted by atomic mass is 10.2. The second kappa shape index (κ2) is 5.68. The minimum absolute atomic E-state index is 0.110. The first-order valence-electron chi connectivity index (χ1n) is 5.52. The van der Waals surface area contributed by atoms with Crippen molar-refractivity contribution in [1.82, 2.24) is 15.1 Å². The second-order valence-corrected chi connectivity index (χ2v) is 4.52. The Hall–Kier alpha value is -1.82. The first kappa shape index (κ1) is 12.6. The average Bonchev–Trinajstić information content (AvgIpc) is 2.87. The number of carbonyl (C=O) groups is 1. The van der Waals surface area contributed by atoms with Gasteiger partial charge in [-0.2, -0.15) is 0 Å². The number of rotatable bonds is 3. The van der Waals surface area contributed by atoms with E-state index in [4.69, 9.17) is 4.42 Å². The van der Waals surface area contributed by atoms with Crippen LogP contribution in [0, 0.1) is 0 Å². The summed E-state index contributed by atoms with van der Waals surface area (Å²) in [5.41, 5.74) is 0.841. The number of hydrogen-bond donors (Lipinski definition) is 0. The highest BCUT2D eigenvalue weighted by atomic mass is 32.2. The summed E-state index contributed by atoms with van der Waals surface area (Å²) >= 11 is 0.939. The Kier molecular flexibility index (Phi) is 3.99. The van der Waals surface area contributed by atoms with Crippen LogP contribution in [-0.4, -0.2) is 33.9 Å². The van der Waals surface area contributed by atoms with Gasteiger partial charge in [0.15, 0.2) is 0 Å². The van der Waals surface area contributed by atoms with Crippen molar-refractivity contribution in [1.29, 1.82) is 0 Å². The van der Waals surface area contributed by atoms with E-state index >= 15 is 0 Å². The molecule has 1 aromatic heterocycles. The summed E-state index contributed by atoms with van der Waals surface area (Å²) in [5, 5.41) is 7.92. The van der Waals surface area contributed by atoms with Crippen molar-refractivity contribution in [3.05, 3.63) is 30.3 Å². The molecule has 2 aromatic rings. The van der Waals surface area contributed by atoms with Gasteiger partial charge in [-0.15, -0.1) is 10.2 Å².